The second-order valence-corrected chi connectivity index (χ2v) is 27.9. The Labute approximate surface area is 292 Å². The highest BCUT2D eigenvalue weighted by atomic mass is 28.4. The summed E-state index contributed by atoms with van der Waals surface area (Å²) in [5.74, 6) is 1.89. The molecule has 0 radical (unpaired) electrons. The van der Waals surface area contributed by atoms with E-state index >= 15 is 0 Å². The molecule has 0 spiro atoms. The van der Waals surface area contributed by atoms with E-state index in [0.29, 0.717) is 23.9 Å². The molecule has 0 unspecified atom stereocenters. The maximum Gasteiger partial charge on any atom is 0.330 e. The second kappa shape index (κ2) is 15.8. The van der Waals surface area contributed by atoms with Crippen LogP contribution in [0.15, 0.2) is 47.6 Å². The van der Waals surface area contributed by atoms with Crippen molar-refractivity contribution < 1.29 is 18.4 Å². The van der Waals surface area contributed by atoms with Crippen molar-refractivity contribution in [1.29, 1.82) is 0 Å². The van der Waals surface area contributed by atoms with E-state index in [9.17, 15) is 4.79 Å². The Bertz CT molecular complexity index is 1180. The molecular weight excluding hydrogens is 613 g/mol. The lowest BCUT2D eigenvalue weighted by molar-refractivity contribution is -0.137. The zero-order valence-electron chi connectivity index (χ0n) is 32.8. The highest BCUT2D eigenvalue weighted by Gasteiger charge is 2.50. The van der Waals surface area contributed by atoms with Crippen LogP contribution < -0.4 is 0 Å². The Morgan fingerprint density at radius 1 is 1.02 bits per heavy atom. The summed E-state index contributed by atoms with van der Waals surface area (Å²) < 4.78 is 19.2. The molecular formula is C41H72O4Si2. The van der Waals surface area contributed by atoms with Gasteiger partial charge in [0.1, 0.15) is 0 Å². The zero-order chi connectivity index (χ0) is 35.4. The summed E-state index contributed by atoms with van der Waals surface area (Å²) in [5, 5.41) is 0.319. The van der Waals surface area contributed by atoms with Crippen LogP contribution in [-0.4, -0.2) is 41.4 Å². The van der Waals surface area contributed by atoms with E-state index in [1.807, 2.05) is 13.0 Å². The number of carbonyl (C=O) groups excluding carboxylic acids is 1. The lowest BCUT2D eigenvalue weighted by Gasteiger charge is -2.46. The third-order valence-electron chi connectivity index (χ3n) is 13.0. The van der Waals surface area contributed by atoms with Gasteiger partial charge in [-0.2, -0.15) is 0 Å². The topological polar surface area (TPSA) is 44.8 Å². The minimum atomic E-state index is -1.99. The number of hydrogen-bond donors (Lipinski definition) is 0. The van der Waals surface area contributed by atoms with Gasteiger partial charge in [-0.05, 0) is 129 Å². The predicted molar refractivity (Wildman–Crippen MR) is 206 cm³/mol. The number of hydrogen-bond acceptors (Lipinski definition) is 4. The van der Waals surface area contributed by atoms with E-state index < -0.39 is 16.6 Å². The van der Waals surface area contributed by atoms with Crippen molar-refractivity contribution in [3.05, 3.63) is 47.6 Å². The summed E-state index contributed by atoms with van der Waals surface area (Å²) in [6.45, 7) is 35.5. The highest BCUT2D eigenvalue weighted by molar-refractivity contribution is 6.74. The number of esters is 1. The highest BCUT2D eigenvalue weighted by Crippen LogP contribution is 2.60. The predicted octanol–water partition coefficient (Wildman–Crippen LogP) is 12.1. The van der Waals surface area contributed by atoms with Crippen LogP contribution in [0.4, 0.5) is 0 Å². The van der Waals surface area contributed by atoms with Crippen molar-refractivity contribution in [2.24, 2.45) is 23.2 Å². The van der Waals surface area contributed by atoms with Gasteiger partial charge in [0.05, 0.1) is 18.8 Å². The molecule has 0 aromatic rings. The van der Waals surface area contributed by atoms with Crippen LogP contribution in [0.25, 0.3) is 0 Å². The van der Waals surface area contributed by atoms with E-state index in [2.05, 4.69) is 100 Å². The smallest absolute Gasteiger partial charge is 0.330 e. The molecule has 6 atom stereocenters. The first-order chi connectivity index (χ1) is 21.6. The summed E-state index contributed by atoms with van der Waals surface area (Å²) in [4.78, 5) is 11.6. The maximum atomic E-state index is 11.6. The van der Waals surface area contributed by atoms with Crippen LogP contribution in [-0.2, 0) is 18.4 Å². The largest absolute Gasteiger partial charge is 0.463 e. The molecule has 0 N–H and O–H groups in total. The fraction of sp³-hybridized carbons (Fsp3) is 0.780. The Balaban J connectivity index is 1.80. The maximum absolute atomic E-state index is 11.6. The molecule has 0 amide bonds. The molecule has 4 nitrogen and oxygen atoms in total. The molecule has 0 aromatic carbocycles. The summed E-state index contributed by atoms with van der Waals surface area (Å²) in [7, 11) is -3.92. The average molecular weight is 685 g/mol. The average Bonchev–Trinajstić information content (AvgIpc) is 3.29. The SMILES string of the molecule is C=C1/C(=C\C=C2/CCC[C@]3(C)[C@@H]([C@H](C)CCC/C=C/C(=O)OCC)CC[C@@H]23)C[C@@H](O[Si](C)(C)C(C)(C)C)C[C@@H]1O[Si](C)(C)C(C)(C)C. The molecule has 0 aromatic heterocycles. The molecule has 0 heterocycles. The van der Waals surface area contributed by atoms with Crippen LogP contribution >= 0.6 is 0 Å². The molecule has 3 fully saturated rings. The van der Waals surface area contributed by atoms with Crippen molar-refractivity contribution >= 4 is 22.6 Å². The van der Waals surface area contributed by atoms with Crippen molar-refractivity contribution in [2.75, 3.05) is 6.61 Å². The van der Waals surface area contributed by atoms with E-state index in [0.717, 1.165) is 31.6 Å². The first-order valence-electron chi connectivity index (χ1n) is 18.9. The van der Waals surface area contributed by atoms with Gasteiger partial charge in [0.2, 0.25) is 0 Å². The van der Waals surface area contributed by atoms with Crippen LogP contribution in [0.1, 0.15) is 127 Å². The van der Waals surface area contributed by atoms with Crippen molar-refractivity contribution in [3.8, 4) is 0 Å². The van der Waals surface area contributed by atoms with Crippen molar-refractivity contribution in [1.82, 2.24) is 0 Å². The second-order valence-electron chi connectivity index (χ2n) is 18.4. The molecule has 268 valence electrons. The van der Waals surface area contributed by atoms with Gasteiger partial charge in [-0.3, -0.25) is 0 Å². The van der Waals surface area contributed by atoms with Gasteiger partial charge in [-0.15, -0.1) is 0 Å². The number of carbonyl (C=O) groups is 1. The molecule has 3 saturated carbocycles. The van der Waals surface area contributed by atoms with Gasteiger partial charge in [0.15, 0.2) is 16.6 Å². The quantitative estimate of drug-likeness (QED) is 0.0888. The minimum absolute atomic E-state index is 0.0181. The van der Waals surface area contributed by atoms with Crippen LogP contribution in [0.5, 0.6) is 0 Å². The van der Waals surface area contributed by atoms with Gasteiger partial charge in [0, 0.05) is 12.5 Å². The van der Waals surface area contributed by atoms with E-state index in [1.165, 1.54) is 49.7 Å². The summed E-state index contributed by atoms with van der Waals surface area (Å²) in [6.07, 6.45) is 20.3. The fourth-order valence-corrected chi connectivity index (χ4v) is 10.8. The number of allylic oxidation sites excluding steroid dienone is 4. The molecule has 0 aliphatic heterocycles. The van der Waals surface area contributed by atoms with Crippen molar-refractivity contribution in [2.45, 2.75) is 175 Å². The van der Waals surface area contributed by atoms with E-state index in [4.69, 9.17) is 13.6 Å². The minimum Gasteiger partial charge on any atom is -0.463 e. The molecule has 3 aliphatic carbocycles. The van der Waals surface area contributed by atoms with Gasteiger partial charge >= 0.3 is 5.97 Å². The standard InChI is InChI=1S/C41H72O4Si2/c1-15-43-38(42)22-18-16-17-20-30(2)35-25-26-36-32(21-19-27-41(35,36)10)23-24-33-28-34(44-46(11,12)39(4,5)6)29-37(31(33)3)45-47(13,14)40(7,8)9/h18,22-24,30,34-37H,3,15-17,19-21,25-29H2,1-2,4-14H3/b22-18+,32-23+,33-24-/t30-,34-,35-,36+,37+,41-/m1/s1. The lowest BCUT2D eigenvalue weighted by atomic mass is 9.60. The third kappa shape index (κ3) is 9.95. The van der Waals surface area contributed by atoms with Crippen LogP contribution in [0, 0.1) is 23.2 Å². The van der Waals surface area contributed by atoms with E-state index in [-0.39, 0.29) is 28.3 Å². The molecule has 0 bridgehead atoms. The Kier molecular flexibility index (Phi) is 13.5. The molecule has 3 aliphatic rings. The monoisotopic (exact) mass is 684 g/mol. The van der Waals surface area contributed by atoms with Gasteiger partial charge in [0.25, 0.3) is 0 Å². The van der Waals surface area contributed by atoms with Crippen LogP contribution in [0.2, 0.25) is 36.3 Å². The zero-order valence-corrected chi connectivity index (χ0v) is 34.8. The van der Waals surface area contributed by atoms with Crippen LogP contribution in [0.3, 0.4) is 0 Å². The van der Waals surface area contributed by atoms with Gasteiger partial charge in [-0.25, -0.2) is 4.79 Å². The Morgan fingerprint density at radius 3 is 2.28 bits per heavy atom. The molecule has 6 heteroatoms. The molecule has 47 heavy (non-hydrogen) atoms. The Morgan fingerprint density at radius 2 is 1.66 bits per heavy atom. The Hall–Kier alpha value is -1.22. The first-order valence-corrected chi connectivity index (χ1v) is 24.7. The van der Waals surface area contributed by atoms with E-state index in [1.54, 1.807) is 11.6 Å². The molecule has 3 rings (SSSR count). The number of fused-ring (bicyclic) bond motifs is 1. The summed E-state index contributed by atoms with van der Waals surface area (Å²) in [6, 6.07) is 0. The molecule has 0 saturated heterocycles. The summed E-state index contributed by atoms with van der Waals surface area (Å²) in [5.41, 5.74) is 4.53. The summed E-state index contributed by atoms with van der Waals surface area (Å²) >= 11 is 0. The third-order valence-corrected chi connectivity index (χ3v) is 22.1. The normalized spacial score (nSPS) is 30.3. The lowest BCUT2D eigenvalue weighted by Crippen LogP contribution is -2.49. The van der Waals surface area contributed by atoms with Gasteiger partial charge in [-0.1, -0.05) is 92.2 Å². The number of ether oxygens (including phenoxy) is 1. The van der Waals surface area contributed by atoms with Crippen molar-refractivity contribution in [3.63, 3.8) is 0 Å². The first kappa shape index (κ1) is 40.2. The fourth-order valence-electron chi connectivity index (χ4n) is 8.11. The number of unbranched alkanes of at least 4 members (excludes halogenated alkanes) is 1. The van der Waals surface area contributed by atoms with Gasteiger partial charge < -0.3 is 13.6 Å². The number of rotatable bonds is 12.